The summed E-state index contributed by atoms with van der Waals surface area (Å²) in [6, 6.07) is 9.86. The first-order valence-corrected chi connectivity index (χ1v) is 8.26. The van der Waals surface area contributed by atoms with Crippen LogP contribution in [0.1, 0.15) is 15.9 Å². The van der Waals surface area contributed by atoms with Gasteiger partial charge in [-0.05, 0) is 35.7 Å². The molecule has 0 saturated carbocycles. The molecule has 26 heavy (non-hydrogen) atoms. The zero-order valence-electron chi connectivity index (χ0n) is 13.8. The van der Waals surface area contributed by atoms with E-state index in [0.29, 0.717) is 21.9 Å². The number of anilines is 1. The van der Waals surface area contributed by atoms with Crippen LogP contribution >= 0.6 is 11.3 Å². The van der Waals surface area contributed by atoms with Crippen molar-refractivity contribution >= 4 is 34.1 Å². The van der Waals surface area contributed by atoms with Crippen molar-refractivity contribution in [2.45, 2.75) is 0 Å². The molecule has 0 saturated heterocycles. The van der Waals surface area contributed by atoms with Gasteiger partial charge in [0.25, 0.3) is 11.8 Å². The molecule has 2 rings (SSSR count). The second-order valence-corrected chi connectivity index (χ2v) is 5.81. The summed E-state index contributed by atoms with van der Waals surface area (Å²) in [5.41, 5.74) is 0.694. The Morgan fingerprint density at radius 1 is 1.19 bits per heavy atom. The molecule has 1 heterocycles. The van der Waals surface area contributed by atoms with E-state index in [0.717, 1.165) is 0 Å². The van der Waals surface area contributed by atoms with Gasteiger partial charge in [0, 0.05) is 5.56 Å². The Kier molecular flexibility index (Phi) is 6.70. The van der Waals surface area contributed by atoms with E-state index in [1.807, 2.05) is 6.07 Å². The molecule has 2 aromatic rings. The third-order valence-corrected chi connectivity index (χ3v) is 3.98. The zero-order chi connectivity index (χ0) is 18.9. The number of ether oxygens (including phenoxy) is 2. The number of amides is 2. The number of rotatable bonds is 7. The molecule has 0 bridgehead atoms. The largest absolute Gasteiger partial charge is 0.497 e. The van der Waals surface area contributed by atoms with Gasteiger partial charge in [-0.2, -0.15) is 5.26 Å². The van der Waals surface area contributed by atoms with Gasteiger partial charge in [0.1, 0.15) is 23.4 Å². The molecule has 0 aliphatic heterocycles. The fourth-order valence-electron chi connectivity index (χ4n) is 1.85. The second-order valence-electron chi connectivity index (χ2n) is 4.90. The third-order valence-electron chi connectivity index (χ3n) is 3.15. The van der Waals surface area contributed by atoms with E-state index >= 15 is 0 Å². The van der Waals surface area contributed by atoms with Crippen LogP contribution in [0.25, 0.3) is 0 Å². The number of nitriles is 1. The number of carbonyl (C=O) groups is 3. The van der Waals surface area contributed by atoms with E-state index in [-0.39, 0.29) is 6.54 Å². The SMILES string of the molecule is COc1ccc(C(=O)NCC(=O)OCC(=O)Nc2sccc2C#N)cc1. The van der Waals surface area contributed by atoms with Gasteiger partial charge in [-0.3, -0.25) is 14.4 Å². The van der Waals surface area contributed by atoms with E-state index in [1.54, 1.807) is 35.7 Å². The summed E-state index contributed by atoms with van der Waals surface area (Å²) in [4.78, 5) is 35.2. The number of carbonyl (C=O) groups excluding carboxylic acids is 3. The maximum atomic E-state index is 11.9. The monoisotopic (exact) mass is 373 g/mol. The van der Waals surface area contributed by atoms with Crippen LogP contribution in [0.5, 0.6) is 5.75 Å². The number of thiophene rings is 1. The number of methoxy groups -OCH3 is 1. The van der Waals surface area contributed by atoms with Crippen molar-refractivity contribution in [2.24, 2.45) is 0 Å². The highest BCUT2D eigenvalue weighted by Gasteiger charge is 2.12. The fraction of sp³-hybridized carbons (Fsp3) is 0.176. The van der Waals surface area contributed by atoms with Crippen LogP contribution in [0.2, 0.25) is 0 Å². The Hall–Kier alpha value is -3.38. The van der Waals surface area contributed by atoms with Gasteiger partial charge in [-0.25, -0.2) is 0 Å². The highest BCUT2D eigenvalue weighted by molar-refractivity contribution is 7.14. The lowest BCUT2D eigenvalue weighted by Crippen LogP contribution is -2.32. The van der Waals surface area contributed by atoms with Gasteiger partial charge in [0.2, 0.25) is 0 Å². The average Bonchev–Trinajstić information content (AvgIpc) is 3.11. The quantitative estimate of drug-likeness (QED) is 0.711. The van der Waals surface area contributed by atoms with Crippen molar-refractivity contribution in [1.82, 2.24) is 5.32 Å². The number of esters is 1. The van der Waals surface area contributed by atoms with Gasteiger partial charge < -0.3 is 20.1 Å². The molecule has 0 atom stereocenters. The molecule has 1 aromatic heterocycles. The average molecular weight is 373 g/mol. The lowest BCUT2D eigenvalue weighted by Gasteiger charge is -2.07. The summed E-state index contributed by atoms with van der Waals surface area (Å²) < 4.78 is 9.78. The first-order chi connectivity index (χ1) is 12.5. The number of nitrogens with one attached hydrogen (secondary N) is 2. The third kappa shape index (κ3) is 5.32. The van der Waals surface area contributed by atoms with Gasteiger partial charge in [0.15, 0.2) is 6.61 Å². The van der Waals surface area contributed by atoms with Crippen molar-refractivity contribution in [3.63, 3.8) is 0 Å². The molecule has 9 heteroatoms. The molecule has 2 amide bonds. The van der Waals surface area contributed by atoms with Crippen LogP contribution in [0.3, 0.4) is 0 Å². The summed E-state index contributed by atoms with van der Waals surface area (Å²) in [5, 5.41) is 15.8. The van der Waals surface area contributed by atoms with Crippen LogP contribution in [0.4, 0.5) is 5.00 Å². The predicted molar refractivity (Wildman–Crippen MR) is 93.9 cm³/mol. The molecule has 0 unspecified atom stereocenters. The minimum absolute atomic E-state index is 0.335. The molecule has 134 valence electrons. The maximum Gasteiger partial charge on any atom is 0.325 e. The first-order valence-electron chi connectivity index (χ1n) is 7.39. The second kappa shape index (κ2) is 9.19. The van der Waals surface area contributed by atoms with Crippen molar-refractivity contribution in [3.8, 4) is 11.8 Å². The first kappa shape index (κ1) is 19.0. The molecule has 1 aromatic carbocycles. The maximum absolute atomic E-state index is 11.9. The molecule has 0 spiro atoms. The predicted octanol–water partition coefficient (Wildman–Crippen LogP) is 1.54. The smallest absolute Gasteiger partial charge is 0.325 e. The van der Waals surface area contributed by atoms with Crippen molar-refractivity contribution in [2.75, 3.05) is 25.6 Å². The van der Waals surface area contributed by atoms with E-state index in [2.05, 4.69) is 10.6 Å². The highest BCUT2D eigenvalue weighted by Crippen LogP contribution is 2.21. The zero-order valence-corrected chi connectivity index (χ0v) is 14.6. The number of nitrogens with zero attached hydrogens (tertiary/aromatic N) is 1. The molecule has 0 aliphatic carbocycles. The Morgan fingerprint density at radius 2 is 1.92 bits per heavy atom. The highest BCUT2D eigenvalue weighted by atomic mass is 32.1. The molecule has 2 N–H and O–H groups in total. The van der Waals surface area contributed by atoms with Crippen LogP contribution in [0, 0.1) is 11.3 Å². The van der Waals surface area contributed by atoms with Gasteiger partial charge in [-0.15, -0.1) is 11.3 Å². The standard InChI is InChI=1S/C17H15N3O5S/c1-24-13-4-2-11(3-5-13)16(23)19-9-15(22)25-10-14(21)20-17-12(8-18)6-7-26-17/h2-7H,9-10H2,1H3,(H,19,23)(H,20,21). The Morgan fingerprint density at radius 3 is 2.58 bits per heavy atom. The van der Waals surface area contributed by atoms with Gasteiger partial charge >= 0.3 is 5.97 Å². The van der Waals surface area contributed by atoms with E-state index < -0.39 is 24.4 Å². The summed E-state index contributed by atoms with van der Waals surface area (Å²) in [6.07, 6.45) is 0. The molecule has 0 fully saturated rings. The van der Waals surface area contributed by atoms with Crippen molar-refractivity contribution in [3.05, 3.63) is 46.8 Å². The minimum atomic E-state index is -0.756. The molecule has 0 radical (unpaired) electrons. The van der Waals surface area contributed by atoms with Crippen LogP contribution < -0.4 is 15.4 Å². The van der Waals surface area contributed by atoms with E-state index in [9.17, 15) is 14.4 Å². The molecule has 0 aliphatic rings. The summed E-state index contributed by atoms with van der Waals surface area (Å²) >= 11 is 1.19. The van der Waals surface area contributed by atoms with Crippen molar-refractivity contribution < 1.29 is 23.9 Å². The van der Waals surface area contributed by atoms with E-state index in [4.69, 9.17) is 14.7 Å². The summed E-state index contributed by atoms with van der Waals surface area (Å²) in [7, 11) is 1.51. The number of hydrogen-bond donors (Lipinski definition) is 2. The number of hydrogen-bond acceptors (Lipinski definition) is 7. The lowest BCUT2D eigenvalue weighted by atomic mass is 10.2. The molecular formula is C17H15N3O5S. The van der Waals surface area contributed by atoms with Crippen molar-refractivity contribution in [1.29, 1.82) is 5.26 Å². The van der Waals surface area contributed by atoms with Crippen LogP contribution in [-0.2, 0) is 14.3 Å². The lowest BCUT2D eigenvalue weighted by molar-refractivity contribution is -0.146. The summed E-state index contributed by atoms with van der Waals surface area (Å²) in [5.74, 6) is -1.17. The van der Waals surface area contributed by atoms with E-state index in [1.165, 1.54) is 18.4 Å². The minimum Gasteiger partial charge on any atom is -0.497 e. The number of benzene rings is 1. The topological polar surface area (TPSA) is 118 Å². The van der Waals surface area contributed by atoms with Crippen LogP contribution in [0.15, 0.2) is 35.7 Å². The molecular weight excluding hydrogens is 358 g/mol. The Labute approximate surface area is 153 Å². The van der Waals surface area contributed by atoms with Gasteiger partial charge in [0.05, 0.1) is 12.7 Å². The summed E-state index contributed by atoms with van der Waals surface area (Å²) in [6.45, 7) is -0.888. The normalized spacial score (nSPS) is 9.69. The fourth-order valence-corrected chi connectivity index (χ4v) is 2.60. The molecule has 8 nitrogen and oxygen atoms in total. The van der Waals surface area contributed by atoms with Crippen LogP contribution in [-0.4, -0.2) is 38.0 Å². The Bertz CT molecular complexity index is 839. The Balaban J connectivity index is 1.73. The van der Waals surface area contributed by atoms with Gasteiger partial charge in [-0.1, -0.05) is 0 Å².